The second-order valence-corrected chi connectivity index (χ2v) is 3.42. The van der Waals surface area contributed by atoms with E-state index in [-0.39, 0.29) is 6.03 Å². The van der Waals surface area contributed by atoms with Crippen molar-refractivity contribution in [1.29, 1.82) is 0 Å². The van der Waals surface area contributed by atoms with Gasteiger partial charge in [0.05, 0.1) is 0 Å². The van der Waals surface area contributed by atoms with Gasteiger partial charge in [-0.1, -0.05) is 13.3 Å². The van der Waals surface area contributed by atoms with Gasteiger partial charge in [-0.05, 0) is 18.8 Å². The van der Waals surface area contributed by atoms with Crippen molar-refractivity contribution in [2.45, 2.75) is 26.2 Å². The topological polar surface area (TPSA) is 32.3 Å². The number of urea groups is 1. The van der Waals surface area contributed by atoms with Gasteiger partial charge < -0.3 is 10.2 Å². The standard InChI is InChI=1S/C9H18N2O/c1-3-8-5-4-6-11(7-8)9(12)10-2/h8H,3-7H2,1-2H3,(H,10,12). The molecular weight excluding hydrogens is 152 g/mol. The number of rotatable bonds is 1. The molecule has 3 heteroatoms. The van der Waals surface area contributed by atoms with Crippen LogP contribution in [0.25, 0.3) is 0 Å². The molecule has 0 spiro atoms. The predicted octanol–water partition coefficient (Wildman–Crippen LogP) is 1.45. The molecule has 1 aliphatic rings. The zero-order valence-corrected chi connectivity index (χ0v) is 7.97. The quantitative estimate of drug-likeness (QED) is 0.634. The Labute approximate surface area is 74.1 Å². The summed E-state index contributed by atoms with van der Waals surface area (Å²) in [5, 5.41) is 2.67. The third-order valence-electron chi connectivity index (χ3n) is 2.60. The third-order valence-corrected chi connectivity index (χ3v) is 2.60. The number of likely N-dealkylation sites (tertiary alicyclic amines) is 1. The van der Waals surface area contributed by atoms with Gasteiger partial charge in [-0.3, -0.25) is 0 Å². The Morgan fingerprint density at radius 3 is 3.00 bits per heavy atom. The number of amides is 2. The van der Waals surface area contributed by atoms with Gasteiger partial charge in [0, 0.05) is 20.1 Å². The molecule has 1 atom stereocenters. The van der Waals surface area contributed by atoms with Crippen LogP contribution in [0.3, 0.4) is 0 Å². The number of carbonyl (C=O) groups is 1. The summed E-state index contributed by atoms with van der Waals surface area (Å²) in [5.41, 5.74) is 0. The van der Waals surface area contributed by atoms with Crippen LogP contribution in [0.5, 0.6) is 0 Å². The molecule has 1 rings (SSSR count). The van der Waals surface area contributed by atoms with E-state index < -0.39 is 0 Å². The molecule has 1 heterocycles. The van der Waals surface area contributed by atoms with Gasteiger partial charge in [-0.2, -0.15) is 0 Å². The lowest BCUT2D eigenvalue weighted by atomic mass is 9.96. The highest BCUT2D eigenvalue weighted by atomic mass is 16.2. The van der Waals surface area contributed by atoms with E-state index in [0.29, 0.717) is 0 Å². The first-order chi connectivity index (χ1) is 5.77. The molecule has 2 amide bonds. The Balaban J connectivity index is 2.40. The minimum Gasteiger partial charge on any atom is -0.341 e. The fourth-order valence-electron chi connectivity index (χ4n) is 1.74. The van der Waals surface area contributed by atoms with E-state index in [9.17, 15) is 4.79 Å². The summed E-state index contributed by atoms with van der Waals surface area (Å²) in [6.07, 6.45) is 3.63. The highest BCUT2D eigenvalue weighted by Crippen LogP contribution is 2.18. The van der Waals surface area contributed by atoms with Crippen molar-refractivity contribution >= 4 is 6.03 Å². The lowest BCUT2D eigenvalue weighted by Gasteiger charge is -2.31. The van der Waals surface area contributed by atoms with Gasteiger partial charge in [0.25, 0.3) is 0 Å². The molecule has 0 aromatic carbocycles. The number of hydrogen-bond donors (Lipinski definition) is 1. The Bertz CT molecular complexity index is 159. The normalized spacial score (nSPS) is 23.8. The van der Waals surface area contributed by atoms with Crippen LogP contribution in [0.15, 0.2) is 0 Å². The van der Waals surface area contributed by atoms with E-state index >= 15 is 0 Å². The molecular formula is C9H18N2O. The van der Waals surface area contributed by atoms with Crippen molar-refractivity contribution in [2.24, 2.45) is 5.92 Å². The van der Waals surface area contributed by atoms with Gasteiger partial charge in [0.2, 0.25) is 0 Å². The van der Waals surface area contributed by atoms with Crippen molar-refractivity contribution in [2.75, 3.05) is 20.1 Å². The zero-order valence-electron chi connectivity index (χ0n) is 7.97. The molecule has 0 aromatic rings. The van der Waals surface area contributed by atoms with E-state index in [1.807, 2.05) is 4.90 Å². The summed E-state index contributed by atoms with van der Waals surface area (Å²) < 4.78 is 0. The maximum absolute atomic E-state index is 11.2. The molecule has 1 aliphatic heterocycles. The molecule has 1 fully saturated rings. The molecule has 1 N–H and O–H groups in total. The second-order valence-electron chi connectivity index (χ2n) is 3.42. The number of hydrogen-bond acceptors (Lipinski definition) is 1. The summed E-state index contributed by atoms with van der Waals surface area (Å²) in [4.78, 5) is 13.2. The molecule has 0 bridgehead atoms. The minimum atomic E-state index is 0.0770. The minimum absolute atomic E-state index is 0.0770. The second kappa shape index (κ2) is 4.33. The molecule has 0 aliphatic carbocycles. The number of carbonyl (C=O) groups excluding carboxylic acids is 1. The van der Waals surface area contributed by atoms with Gasteiger partial charge in [0.1, 0.15) is 0 Å². The van der Waals surface area contributed by atoms with Crippen LogP contribution in [-0.4, -0.2) is 31.1 Å². The van der Waals surface area contributed by atoms with Gasteiger partial charge >= 0.3 is 6.03 Å². The largest absolute Gasteiger partial charge is 0.341 e. The summed E-state index contributed by atoms with van der Waals surface area (Å²) in [6.45, 7) is 4.06. The smallest absolute Gasteiger partial charge is 0.317 e. The fourth-order valence-corrected chi connectivity index (χ4v) is 1.74. The number of nitrogens with one attached hydrogen (secondary N) is 1. The summed E-state index contributed by atoms with van der Waals surface area (Å²) in [6, 6.07) is 0.0770. The van der Waals surface area contributed by atoms with Crippen LogP contribution in [0.4, 0.5) is 4.79 Å². The fraction of sp³-hybridized carbons (Fsp3) is 0.889. The van der Waals surface area contributed by atoms with Crippen LogP contribution in [0.2, 0.25) is 0 Å². The first kappa shape index (κ1) is 9.36. The Morgan fingerprint density at radius 2 is 2.42 bits per heavy atom. The highest BCUT2D eigenvalue weighted by molar-refractivity contribution is 5.73. The van der Waals surface area contributed by atoms with Gasteiger partial charge in [-0.25, -0.2) is 4.79 Å². The van der Waals surface area contributed by atoms with Crippen LogP contribution in [-0.2, 0) is 0 Å². The van der Waals surface area contributed by atoms with Crippen molar-refractivity contribution in [3.05, 3.63) is 0 Å². The average molecular weight is 170 g/mol. The molecule has 0 radical (unpaired) electrons. The molecule has 0 aromatic heterocycles. The Morgan fingerprint density at radius 1 is 1.67 bits per heavy atom. The van der Waals surface area contributed by atoms with E-state index in [2.05, 4.69) is 12.2 Å². The first-order valence-electron chi connectivity index (χ1n) is 4.74. The maximum atomic E-state index is 11.2. The first-order valence-corrected chi connectivity index (χ1v) is 4.74. The van der Waals surface area contributed by atoms with E-state index in [1.54, 1.807) is 7.05 Å². The van der Waals surface area contributed by atoms with Crippen LogP contribution < -0.4 is 5.32 Å². The third kappa shape index (κ3) is 2.13. The Hall–Kier alpha value is -0.730. The molecule has 1 saturated heterocycles. The maximum Gasteiger partial charge on any atom is 0.317 e. The molecule has 0 saturated carbocycles. The van der Waals surface area contributed by atoms with Crippen molar-refractivity contribution < 1.29 is 4.79 Å². The lowest BCUT2D eigenvalue weighted by Crippen LogP contribution is -2.44. The zero-order chi connectivity index (χ0) is 8.97. The number of piperidine rings is 1. The van der Waals surface area contributed by atoms with Crippen molar-refractivity contribution in [1.82, 2.24) is 10.2 Å². The molecule has 1 unspecified atom stereocenters. The number of nitrogens with zero attached hydrogens (tertiary/aromatic N) is 1. The summed E-state index contributed by atoms with van der Waals surface area (Å²) in [7, 11) is 1.69. The van der Waals surface area contributed by atoms with Crippen LogP contribution in [0, 0.1) is 5.92 Å². The summed E-state index contributed by atoms with van der Waals surface area (Å²) >= 11 is 0. The van der Waals surface area contributed by atoms with Gasteiger partial charge in [0.15, 0.2) is 0 Å². The van der Waals surface area contributed by atoms with E-state index in [4.69, 9.17) is 0 Å². The van der Waals surface area contributed by atoms with Crippen molar-refractivity contribution in [3.63, 3.8) is 0 Å². The monoisotopic (exact) mass is 170 g/mol. The average Bonchev–Trinajstić information content (AvgIpc) is 2.17. The SMILES string of the molecule is CCC1CCCN(C(=O)NC)C1. The highest BCUT2D eigenvalue weighted by Gasteiger charge is 2.21. The molecule has 3 nitrogen and oxygen atoms in total. The van der Waals surface area contributed by atoms with Gasteiger partial charge in [-0.15, -0.1) is 0 Å². The predicted molar refractivity (Wildman–Crippen MR) is 49.0 cm³/mol. The van der Waals surface area contributed by atoms with E-state index in [0.717, 1.165) is 25.4 Å². The Kier molecular flexibility index (Phi) is 3.38. The van der Waals surface area contributed by atoms with Crippen LogP contribution >= 0.6 is 0 Å². The van der Waals surface area contributed by atoms with E-state index in [1.165, 1.54) is 12.8 Å². The molecule has 12 heavy (non-hydrogen) atoms. The molecule has 70 valence electrons. The van der Waals surface area contributed by atoms with Crippen LogP contribution in [0.1, 0.15) is 26.2 Å². The lowest BCUT2D eigenvalue weighted by molar-refractivity contribution is 0.166. The summed E-state index contributed by atoms with van der Waals surface area (Å²) in [5.74, 6) is 0.719. The van der Waals surface area contributed by atoms with Crippen molar-refractivity contribution in [3.8, 4) is 0 Å².